The summed E-state index contributed by atoms with van der Waals surface area (Å²) < 4.78 is 0. The van der Waals surface area contributed by atoms with Crippen LogP contribution in [0, 0.1) is 11.8 Å². The molecule has 0 spiro atoms. The van der Waals surface area contributed by atoms with E-state index in [9.17, 15) is 14.7 Å². The average molecular weight is 422 g/mol. The van der Waals surface area contributed by atoms with Crippen molar-refractivity contribution in [1.82, 2.24) is 10.3 Å². The van der Waals surface area contributed by atoms with E-state index in [2.05, 4.69) is 22.1 Å². The molecule has 1 amide bonds. The Bertz CT molecular complexity index is 1370. The number of aldehydes is 1. The highest BCUT2D eigenvalue weighted by molar-refractivity contribution is 5.94. The lowest BCUT2D eigenvalue weighted by Crippen LogP contribution is -2.22. The number of H-pyrrole nitrogens is 1. The molecule has 0 saturated carbocycles. The molecule has 4 rings (SSSR count). The zero-order valence-corrected chi connectivity index (χ0v) is 17.6. The molecule has 0 saturated heterocycles. The van der Waals surface area contributed by atoms with Gasteiger partial charge in [-0.15, -0.1) is 0 Å². The molecule has 0 aliphatic rings. The molecule has 32 heavy (non-hydrogen) atoms. The van der Waals surface area contributed by atoms with E-state index in [1.807, 2.05) is 42.6 Å². The Balaban J connectivity index is 1.73. The fourth-order valence-electron chi connectivity index (χ4n) is 3.74. The smallest absolute Gasteiger partial charge is 0.216 e. The van der Waals surface area contributed by atoms with Crippen LogP contribution in [0.1, 0.15) is 34.0 Å². The van der Waals surface area contributed by atoms with Gasteiger partial charge in [0.1, 0.15) is 5.75 Å². The number of aromatic nitrogens is 1. The van der Waals surface area contributed by atoms with Crippen LogP contribution in [0.3, 0.4) is 0 Å². The molecule has 5 heteroatoms. The van der Waals surface area contributed by atoms with Crippen molar-refractivity contribution in [2.75, 3.05) is 6.54 Å². The minimum absolute atomic E-state index is 0.0445. The molecule has 0 aliphatic heterocycles. The Kier molecular flexibility index (Phi) is 6.05. The third-order valence-corrected chi connectivity index (χ3v) is 5.24. The zero-order chi connectivity index (χ0) is 22.5. The largest absolute Gasteiger partial charge is 0.508 e. The summed E-state index contributed by atoms with van der Waals surface area (Å²) in [6.07, 6.45) is 3.52. The van der Waals surface area contributed by atoms with Gasteiger partial charge in [0.25, 0.3) is 0 Å². The van der Waals surface area contributed by atoms with Crippen LogP contribution in [0.15, 0.2) is 66.9 Å². The van der Waals surface area contributed by atoms with E-state index in [4.69, 9.17) is 0 Å². The van der Waals surface area contributed by atoms with E-state index in [-0.39, 0.29) is 11.7 Å². The van der Waals surface area contributed by atoms with Gasteiger partial charge >= 0.3 is 0 Å². The van der Waals surface area contributed by atoms with E-state index in [0.29, 0.717) is 17.7 Å². The molecule has 0 bridgehead atoms. The third kappa shape index (κ3) is 4.55. The molecule has 1 aromatic heterocycles. The molecule has 1 heterocycles. The molecule has 0 fully saturated rings. The van der Waals surface area contributed by atoms with Crippen molar-refractivity contribution in [3.05, 3.63) is 89.1 Å². The van der Waals surface area contributed by atoms with Gasteiger partial charge in [-0.2, -0.15) is 0 Å². The monoisotopic (exact) mass is 422 g/mol. The summed E-state index contributed by atoms with van der Waals surface area (Å²) in [6.45, 7) is 2.08. The van der Waals surface area contributed by atoms with Crippen molar-refractivity contribution in [1.29, 1.82) is 0 Å². The standard InChI is InChI=1S/C27H22N2O3/c1-18(31)28-13-12-22-16-29-26-15-21(10-11-25(22)26)27-20(5-3-6-23(27)17-30)9-8-19-4-2-7-24(32)14-19/h2-7,10-11,14-17,29,32H,12-13H2,1H3,(H,28,31). The van der Waals surface area contributed by atoms with Gasteiger partial charge in [0.2, 0.25) is 5.91 Å². The van der Waals surface area contributed by atoms with Crippen molar-refractivity contribution in [3.63, 3.8) is 0 Å². The van der Waals surface area contributed by atoms with Gasteiger partial charge in [-0.05, 0) is 47.9 Å². The first-order valence-corrected chi connectivity index (χ1v) is 10.3. The number of phenolic OH excluding ortho intramolecular Hbond substituents is 1. The van der Waals surface area contributed by atoms with Crippen molar-refractivity contribution >= 4 is 23.1 Å². The Morgan fingerprint density at radius 2 is 1.94 bits per heavy atom. The number of phenols is 1. The Morgan fingerprint density at radius 3 is 2.72 bits per heavy atom. The number of aromatic amines is 1. The van der Waals surface area contributed by atoms with Crippen LogP contribution < -0.4 is 5.32 Å². The number of carbonyl (C=O) groups excluding carboxylic acids is 2. The molecular formula is C27H22N2O3. The molecule has 158 valence electrons. The van der Waals surface area contributed by atoms with Crippen molar-refractivity contribution in [3.8, 4) is 28.7 Å². The first kappa shape index (κ1) is 21.0. The second kappa shape index (κ2) is 9.23. The number of fused-ring (bicyclic) bond motifs is 1. The molecule has 5 nitrogen and oxygen atoms in total. The van der Waals surface area contributed by atoms with Crippen LogP contribution in [0.2, 0.25) is 0 Å². The number of amides is 1. The maximum Gasteiger partial charge on any atom is 0.216 e. The molecule has 3 aromatic carbocycles. The highest BCUT2D eigenvalue weighted by Gasteiger charge is 2.12. The molecular weight excluding hydrogens is 400 g/mol. The van der Waals surface area contributed by atoms with Gasteiger partial charge in [-0.1, -0.05) is 42.2 Å². The number of hydrogen-bond donors (Lipinski definition) is 3. The van der Waals surface area contributed by atoms with Crippen molar-refractivity contribution in [2.45, 2.75) is 13.3 Å². The summed E-state index contributed by atoms with van der Waals surface area (Å²) in [5, 5.41) is 13.6. The predicted molar refractivity (Wildman–Crippen MR) is 126 cm³/mol. The van der Waals surface area contributed by atoms with E-state index in [1.165, 1.54) is 6.92 Å². The van der Waals surface area contributed by atoms with Gasteiger partial charge in [0.15, 0.2) is 6.29 Å². The van der Waals surface area contributed by atoms with Crippen molar-refractivity contribution < 1.29 is 14.7 Å². The van der Waals surface area contributed by atoms with E-state index in [0.717, 1.165) is 45.9 Å². The summed E-state index contributed by atoms with van der Waals surface area (Å²) >= 11 is 0. The molecule has 0 radical (unpaired) electrons. The maximum atomic E-state index is 11.8. The van der Waals surface area contributed by atoms with E-state index in [1.54, 1.807) is 24.3 Å². The number of benzene rings is 3. The summed E-state index contributed by atoms with van der Waals surface area (Å²) in [4.78, 5) is 26.2. The Labute approximate surface area is 186 Å². The predicted octanol–water partition coefficient (Wildman–Crippen LogP) is 4.43. The normalized spacial score (nSPS) is 10.4. The molecule has 0 unspecified atom stereocenters. The molecule has 0 aliphatic carbocycles. The van der Waals surface area contributed by atoms with Gasteiger partial charge in [-0.25, -0.2) is 0 Å². The SMILES string of the molecule is CC(=O)NCCc1c[nH]c2cc(-c3c(C#Cc4cccc(O)c4)cccc3C=O)ccc12. The number of carbonyl (C=O) groups is 2. The third-order valence-electron chi connectivity index (χ3n) is 5.24. The van der Waals surface area contributed by atoms with E-state index >= 15 is 0 Å². The van der Waals surface area contributed by atoms with Crippen molar-refractivity contribution in [2.24, 2.45) is 0 Å². The van der Waals surface area contributed by atoms with Gasteiger partial charge < -0.3 is 15.4 Å². The first-order chi connectivity index (χ1) is 15.5. The van der Waals surface area contributed by atoms with Crippen LogP contribution in [0.5, 0.6) is 5.75 Å². The van der Waals surface area contributed by atoms with Crippen LogP contribution in [0.4, 0.5) is 0 Å². The lowest BCUT2D eigenvalue weighted by molar-refractivity contribution is -0.118. The van der Waals surface area contributed by atoms with Crippen LogP contribution in [-0.4, -0.2) is 28.8 Å². The lowest BCUT2D eigenvalue weighted by Gasteiger charge is -2.09. The highest BCUT2D eigenvalue weighted by Crippen LogP contribution is 2.30. The topological polar surface area (TPSA) is 82.2 Å². The second-order valence-corrected chi connectivity index (χ2v) is 7.50. The number of aromatic hydroxyl groups is 1. The first-order valence-electron chi connectivity index (χ1n) is 10.3. The van der Waals surface area contributed by atoms with Crippen LogP contribution in [-0.2, 0) is 11.2 Å². The van der Waals surface area contributed by atoms with Gasteiger partial charge in [-0.3, -0.25) is 9.59 Å². The Hall–Kier alpha value is -4.30. The minimum Gasteiger partial charge on any atom is -0.508 e. The molecule has 4 aromatic rings. The summed E-state index contributed by atoms with van der Waals surface area (Å²) in [5.41, 5.74) is 5.71. The number of rotatable bonds is 5. The number of hydrogen-bond acceptors (Lipinski definition) is 3. The van der Waals surface area contributed by atoms with Crippen LogP contribution >= 0.6 is 0 Å². The quantitative estimate of drug-likeness (QED) is 0.329. The van der Waals surface area contributed by atoms with Gasteiger partial charge in [0, 0.05) is 52.8 Å². The lowest BCUT2D eigenvalue weighted by atomic mass is 9.94. The van der Waals surface area contributed by atoms with E-state index < -0.39 is 0 Å². The fraction of sp³-hybridized carbons (Fsp3) is 0.111. The average Bonchev–Trinajstić information content (AvgIpc) is 3.19. The maximum absolute atomic E-state index is 11.8. The number of nitrogens with one attached hydrogen (secondary N) is 2. The van der Waals surface area contributed by atoms with Gasteiger partial charge in [0.05, 0.1) is 0 Å². The molecule has 0 atom stereocenters. The van der Waals surface area contributed by atoms with Crippen LogP contribution in [0.25, 0.3) is 22.0 Å². The zero-order valence-electron chi connectivity index (χ0n) is 17.6. The Morgan fingerprint density at radius 1 is 1.09 bits per heavy atom. The highest BCUT2D eigenvalue weighted by atomic mass is 16.3. The molecule has 3 N–H and O–H groups in total. The minimum atomic E-state index is -0.0445. The second-order valence-electron chi connectivity index (χ2n) is 7.50. The summed E-state index contributed by atoms with van der Waals surface area (Å²) in [5.74, 6) is 6.33. The summed E-state index contributed by atoms with van der Waals surface area (Å²) in [6, 6.07) is 18.3. The summed E-state index contributed by atoms with van der Waals surface area (Å²) in [7, 11) is 0. The fourth-order valence-corrected chi connectivity index (χ4v) is 3.74.